The van der Waals surface area contributed by atoms with E-state index in [9.17, 15) is 14.4 Å². The smallest absolute Gasteiger partial charge is 0.278 e. The van der Waals surface area contributed by atoms with Gasteiger partial charge in [0.25, 0.3) is 11.5 Å². The number of aromatic amines is 1. The van der Waals surface area contributed by atoms with Crippen LogP contribution in [0.1, 0.15) is 23.2 Å². The highest BCUT2D eigenvalue weighted by molar-refractivity contribution is 7.14. The minimum atomic E-state index is -0.482. The van der Waals surface area contributed by atoms with Gasteiger partial charge in [0.15, 0.2) is 16.6 Å². The summed E-state index contributed by atoms with van der Waals surface area (Å²) >= 11 is 1.23. The van der Waals surface area contributed by atoms with Crippen molar-refractivity contribution in [1.29, 1.82) is 0 Å². The van der Waals surface area contributed by atoms with Gasteiger partial charge in [0.1, 0.15) is 11.5 Å². The molecule has 4 aromatic rings. The second kappa shape index (κ2) is 7.68. The Balaban J connectivity index is 1.53. The van der Waals surface area contributed by atoms with E-state index in [0.717, 1.165) is 0 Å². The molecule has 29 heavy (non-hydrogen) atoms. The molecule has 2 amide bonds. The second-order valence-electron chi connectivity index (χ2n) is 6.11. The van der Waals surface area contributed by atoms with Crippen LogP contribution in [0.5, 0.6) is 0 Å². The third kappa shape index (κ3) is 3.92. The fraction of sp³-hybridized carbons (Fsp3) is 0.105. The maximum Gasteiger partial charge on any atom is 0.278 e. The molecule has 3 heterocycles. The molecule has 0 radical (unpaired) electrons. The largest absolute Gasteiger partial charge is 0.458 e. The molecular weight excluding hydrogens is 394 g/mol. The van der Waals surface area contributed by atoms with Gasteiger partial charge in [-0.2, -0.15) is 5.10 Å². The number of rotatable bonds is 5. The van der Waals surface area contributed by atoms with Crippen molar-refractivity contribution in [2.24, 2.45) is 0 Å². The highest BCUT2D eigenvalue weighted by Crippen LogP contribution is 2.27. The minimum absolute atomic E-state index is 0.104. The van der Waals surface area contributed by atoms with E-state index in [2.05, 4.69) is 25.8 Å². The predicted octanol–water partition coefficient (Wildman–Crippen LogP) is 2.53. The van der Waals surface area contributed by atoms with Crippen molar-refractivity contribution in [1.82, 2.24) is 20.5 Å². The molecule has 0 spiro atoms. The third-order valence-corrected chi connectivity index (χ3v) is 4.82. The van der Waals surface area contributed by atoms with Crippen LogP contribution in [0.25, 0.3) is 22.2 Å². The average Bonchev–Trinajstić information content (AvgIpc) is 3.36. The molecule has 10 heteroatoms. The van der Waals surface area contributed by atoms with E-state index in [-0.39, 0.29) is 23.7 Å². The zero-order chi connectivity index (χ0) is 20.4. The number of hydrogen-bond donors (Lipinski definition) is 3. The van der Waals surface area contributed by atoms with Gasteiger partial charge in [-0.15, -0.1) is 11.3 Å². The van der Waals surface area contributed by atoms with Crippen molar-refractivity contribution in [3.05, 3.63) is 63.6 Å². The Morgan fingerprint density at radius 3 is 2.76 bits per heavy atom. The number of nitrogens with zero attached hydrogens (tertiary/aromatic N) is 2. The predicted molar refractivity (Wildman–Crippen MR) is 108 cm³/mol. The van der Waals surface area contributed by atoms with Crippen molar-refractivity contribution in [3.8, 4) is 11.5 Å². The highest BCUT2D eigenvalue weighted by atomic mass is 32.1. The molecule has 0 aliphatic heterocycles. The molecule has 0 saturated heterocycles. The molecule has 9 nitrogen and oxygen atoms in total. The summed E-state index contributed by atoms with van der Waals surface area (Å²) in [5.41, 5.74) is 0.299. The Bertz CT molecular complexity index is 1270. The van der Waals surface area contributed by atoms with Crippen molar-refractivity contribution in [3.63, 3.8) is 0 Å². The van der Waals surface area contributed by atoms with Gasteiger partial charge in [-0.1, -0.05) is 18.2 Å². The van der Waals surface area contributed by atoms with Gasteiger partial charge in [-0.05, 0) is 18.2 Å². The van der Waals surface area contributed by atoms with E-state index < -0.39 is 5.91 Å². The zero-order valence-electron chi connectivity index (χ0n) is 15.2. The number of furan rings is 1. The van der Waals surface area contributed by atoms with Crippen LogP contribution in [0, 0.1) is 0 Å². The summed E-state index contributed by atoms with van der Waals surface area (Å²) in [5.74, 6) is 0.488. The van der Waals surface area contributed by atoms with E-state index in [1.54, 1.807) is 41.8 Å². The lowest BCUT2D eigenvalue weighted by Crippen LogP contribution is -2.19. The lowest BCUT2D eigenvalue weighted by molar-refractivity contribution is -0.119. The van der Waals surface area contributed by atoms with Crippen molar-refractivity contribution >= 4 is 39.1 Å². The number of thiazole rings is 1. The Kier molecular flexibility index (Phi) is 4.92. The summed E-state index contributed by atoms with van der Waals surface area (Å²) in [6.07, 6.45) is 0. The van der Waals surface area contributed by atoms with E-state index in [1.165, 1.54) is 18.3 Å². The lowest BCUT2D eigenvalue weighted by atomic mass is 10.1. The SMILES string of the molecule is CC(=O)NCc1ccc(-c2csc(NC(=O)c3n[nH]c(=O)c4ccccc34)n2)o1. The minimum Gasteiger partial charge on any atom is -0.458 e. The first-order valence-electron chi connectivity index (χ1n) is 8.59. The van der Waals surface area contributed by atoms with Crippen LogP contribution < -0.4 is 16.2 Å². The lowest BCUT2D eigenvalue weighted by Gasteiger charge is -2.04. The van der Waals surface area contributed by atoms with E-state index in [1.807, 2.05) is 0 Å². The first-order valence-corrected chi connectivity index (χ1v) is 9.47. The van der Waals surface area contributed by atoms with Gasteiger partial charge in [0.05, 0.1) is 11.9 Å². The first kappa shape index (κ1) is 18.6. The number of carbonyl (C=O) groups is 2. The fourth-order valence-corrected chi connectivity index (χ4v) is 3.41. The van der Waals surface area contributed by atoms with E-state index in [4.69, 9.17) is 4.42 Å². The number of hydrogen-bond acceptors (Lipinski definition) is 7. The van der Waals surface area contributed by atoms with Gasteiger partial charge in [-0.25, -0.2) is 10.1 Å². The quantitative estimate of drug-likeness (QED) is 0.464. The number of amides is 2. The highest BCUT2D eigenvalue weighted by Gasteiger charge is 2.16. The number of aromatic nitrogens is 3. The Morgan fingerprint density at radius 2 is 1.97 bits per heavy atom. The molecule has 0 aliphatic rings. The van der Waals surface area contributed by atoms with Gasteiger partial charge >= 0.3 is 0 Å². The fourth-order valence-electron chi connectivity index (χ4n) is 2.71. The summed E-state index contributed by atoms with van der Waals surface area (Å²) in [6, 6.07) is 10.2. The molecular formula is C19H15N5O4S. The number of carbonyl (C=O) groups excluding carboxylic acids is 2. The molecule has 3 aromatic heterocycles. The zero-order valence-corrected chi connectivity index (χ0v) is 16.0. The Morgan fingerprint density at radius 1 is 1.17 bits per heavy atom. The number of fused-ring (bicyclic) bond motifs is 1. The second-order valence-corrected chi connectivity index (χ2v) is 6.97. The Labute approximate surface area is 167 Å². The van der Waals surface area contributed by atoms with Crippen LogP contribution in [-0.2, 0) is 11.3 Å². The van der Waals surface area contributed by atoms with Crippen LogP contribution in [-0.4, -0.2) is 27.0 Å². The summed E-state index contributed by atoms with van der Waals surface area (Å²) < 4.78 is 5.66. The van der Waals surface area contributed by atoms with E-state index in [0.29, 0.717) is 33.1 Å². The standard InChI is InChI=1S/C19H15N5O4S/c1-10(25)20-8-11-6-7-15(28-11)14-9-29-19(21-14)22-18(27)16-12-4-2-3-5-13(12)17(26)24-23-16/h2-7,9H,8H2,1H3,(H,20,25)(H,24,26)(H,21,22,27). The van der Waals surface area contributed by atoms with Crippen molar-refractivity contribution in [2.45, 2.75) is 13.5 Å². The van der Waals surface area contributed by atoms with Crippen LogP contribution in [0.2, 0.25) is 0 Å². The van der Waals surface area contributed by atoms with Gasteiger partial charge in [0.2, 0.25) is 5.91 Å². The topological polar surface area (TPSA) is 130 Å². The number of H-pyrrole nitrogens is 1. The van der Waals surface area contributed by atoms with Gasteiger partial charge < -0.3 is 9.73 Å². The molecule has 3 N–H and O–H groups in total. The van der Waals surface area contributed by atoms with Crippen molar-refractivity contribution in [2.75, 3.05) is 5.32 Å². The molecule has 0 atom stereocenters. The molecule has 4 rings (SSSR count). The summed E-state index contributed by atoms with van der Waals surface area (Å²) in [4.78, 5) is 39.9. The van der Waals surface area contributed by atoms with Crippen molar-refractivity contribution < 1.29 is 14.0 Å². The maximum absolute atomic E-state index is 12.6. The third-order valence-electron chi connectivity index (χ3n) is 4.06. The Hall–Kier alpha value is -3.79. The molecule has 0 unspecified atom stereocenters. The molecule has 0 bridgehead atoms. The summed E-state index contributed by atoms with van der Waals surface area (Å²) in [6.45, 7) is 1.72. The van der Waals surface area contributed by atoms with Crippen LogP contribution in [0.4, 0.5) is 5.13 Å². The average molecular weight is 409 g/mol. The maximum atomic E-state index is 12.6. The summed E-state index contributed by atoms with van der Waals surface area (Å²) in [5, 5.41) is 14.5. The number of nitrogens with one attached hydrogen (secondary N) is 3. The van der Waals surface area contributed by atoms with Gasteiger partial charge in [-0.3, -0.25) is 19.7 Å². The molecule has 0 fully saturated rings. The number of anilines is 1. The monoisotopic (exact) mass is 409 g/mol. The number of benzene rings is 1. The molecule has 0 aliphatic carbocycles. The molecule has 0 saturated carbocycles. The van der Waals surface area contributed by atoms with E-state index >= 15 is 0 Å². The van der Waals surface area contributed by atoms with Crippen LogP contribution in [0.15, 0.2) is 51.0 Å². The molecule has 146 valence electrons. The summed E-state index contributed by atoms with van der Waals surface area (Å²) in [7, 11) is 0. The molecule has 1 aromatic carbocycles. The van der Waals surface area contributed by atoms with Crippen LogP contribution >= 0.6 is 11.3 Å². The normalized spacial score (nSPS) is 10.8. The van der Waals surface area contributed by atoms with Gasteiger partial charge in [0, 0.05) is 17.7 Å². The van der Waals surface area contributed by atoms with Crippen LogP contribution in [0.3, 0.4) is 0 Å². The first-order chi connectivity index (χ1) is 14.0.